The molecule has 4 nitrogen and oxygen atoms in total. The number of nitrogens with one attached hydrogen (secondary N) is 2. The monoisotopic (exact) mass is 259 g/mol. The molecule has 1 aromatic carbocycles. The second kappa shape index (κ2) is 5.43. The minimum atomic E-state index is -0.723. The van der Waals surface area contributed by atoms with Crippen molar-refractivity contribution in [3.8, 4) is 0 Å². The van der Waals surface area contributed by atoms with Gasteiger partial charge in [0.15, 0.2) is 5.96 Å². The van der Waals surface area contributed by atoms with Crippen LogP contribution in [0.4, 0.5) is 0 Å². The summed E-state index contributed by atoms with van der Waals surface area (Å²) in [6.07, 6.45) is 2.20. The van der Waals surface area contributed by atoms with E-state index in [2.05, 4.69) is 34.7 Å². The second-order valence-electron chi connectivity index (χ2n) is 4.97. The lowest BCUT2D eigenvalue weighted by Crippen LogP contribution is -2.40. The van der Waals surface area contributed by atoms with E-state index in [1.54, 1.807) is 0 Å². The van der Waals surface area contributed by atoms with Gasteiger partial charge in [-0.15, -0.1) is 0 Å². The smallest absolute Gasteiger partial charge is 0.256 e. The Morgan fingerprint density at radius 1 is 1.21 bits per heavy atom. The fourth-order valence-corrected chi connectivity index (χ4v) is 2.29. The number of benzene rings is 1. The first-order chi connectivity index (χ1) is 9.10. The third kappa shape index (κ3) is 2.62. The molecule has 102 valence electrons. The predicted octanol–water partition coefficient (Wildman–Crippen LogP) is 1.95. The van der Waals surface area contributed by atoms with Gasteiger partial charge < -0.3 is 5.32 Å². The number of carbonyl (C=O) groups is 1. The zero-order valence-electron chi connectivity index (χ0n) is 11.8. The van der Waals surface area contributed by atoms with Gasteiger partial charge in [0.1, 0.15) is 5.54 Å². The maximum absolute atomic E-state index is 12.1. The van der Waals surface area contributed by atoms with Gasteiger partial charge in [-0.2, -0.15) is 0 Å². The van der Waals surface area contributed by atoms with Crippen LogP contribution in [0.15, 0.2) is 29.3 Å². The van der Waals surface area contributed by atoms with E-state index in [-0.39, 0.29) is 5.91 Å². The topological polar surface area (TPSA) is 53.5 Å². The SMILES string of the molecule is CCCc1ccc(C2(C)NC(=NCC)NC2=O)cc1. The highest BCUT2D eigenvalue weighted by atomic mass is 16.2. The van der Waals surface area contributed by atoms with Gasteiger partial charge in [-0.05, 0) is 31.4 Å². The Bertz CT molecular complexity index is 493. The van der Waals surface area contributed by atoms with E-state index in [1.165, 1.54) is 5.56 Å². The van der Waals surface area contributed by atoms with Crippen molar-refractivity contribution in [3.63, 3.8) is 0 Å². The Hall–Kier alpha value is -1.84. The molecule has 4 heteroatoms. The van der Waals surface area contributed by atoms with Gasteiger partial charge in [-0.25, -0.2) is 0 Å². The molecule has 1 amide bonds. The molecule has 0 aliphatic carbocycles. The summed E-state index contributed by atoms with van der Waals surface area (Å²) in [4.78, 5) is 16.4. The molecule has 1 aromatic rings. The lowest BCUT2D eigenvalue weighted by molar-refractivity contribution is -0.123. The zero-order valence-corrected chi connectivity index (χ0v) is 11.8. The largest absolute Gasteiger partial charge is 0.338 e. The number of aryl methyl sites for hydroxylation is 1. The van der Waals surface area contributed by atoms with Crippen molar-refractivity contribution in [1.82, 2.24) is 10.6 Å². The fraction of sp³-hybridized carbons (Fsp3) is 0.467. The van der Waals surface area contributed by atoms with Crippen molar-refractivity contribution >= 4 is 11.9 Å². The summed E-state index contributed by atoms with van der Waals surface area (Å²) in [7, 11) is 0. The van der Waals surface area contributed by atoms with Gasteiger partial charge >= 0.3 is 0 Å². The Kier molecular flexibility index (Phi) is 3.88. The number of carbonyl (C=O) groups excluding carboxylic acids is 1. The molecule has 19 heavy (non-hydrogen) atoms. The van der Waals surface area contributed by atoms with Gasteiger partial charge in [-0.3, -0.25) is 15.1 Å². The minimum Gasteiger partial charge on any atom is -0.338 e. The van der Waals surface area contributed by atoms with Crippen LogP contribution in [0.5, 0.6) is 0 Å². The summed E-state index contributed by atoms with van der Waals surface area (Å²) in [5.41, 5.74) is 1.54. The molecule has 1 aliphatic rings. The van der Waals surface area contributed by atoms with Crippen molar-refractivity contribution in [2.75, 3.05) is 6.54 Å². The Labute approximate surface area is 114 Å². The molecule has 1 atom stereocenters. The van der Waals surface area contributed by atoms with Crippen molar-refractivity contribution in [2.45, 2.75) is 39.2 Å². The first-order valence-corrected chi connectivity index (χ1v) is 6.83. The van der Waals surface area contributed by atoms with Crippen LogP contribution in [0, 0.1) is 0 Å². The van der Waals surface area contributed by atoms with Crippen LogP contribution < -0.4 is 10.6 Å². The maximum atomic E-state index is 12.1. The van der Waals surface area contributed by atoms with Crippen LogP contribution in [0.1, 0.15) is 38.3 Å². The summed E-state index contributed by atoms with van der Waals surface area (Å²) in [6, 6.07) is 8.22. The molecule has 1 aliphatic heterocycles. The molecule has 1 unspecified atom stereocenters. The normalized spacial score (nSPS) is 24.4. The van der Waals surface area contributed by atoms with Crippen LogP contribution in [0.3, 0.4) is 0 Å². The molecule has 2 N–H and O–H groups in total. The predicted molar refractivity (Wildman–Crippen MR) is 77.0 cm³/mol. The highest BCUT2D eigenvalue weighted by Crippen LogP contribution is 2.24. The van der Waals surface area contributed by atoms with E-state index in [1.807, 2.05) is 26.0 Å². The number of nitrogens with zero attached hydrogens (tertiary/aromatic N) is 1. The summed E-state index contributed by atoms with van der Waals surface area (Å²) >= 11 is 0. The highest BCUT2D eigenvalue weighted by molar-refractivity contribution is 6.09. The molecule has 0 bridgehead atoms. The first-order valence-electron chi connectivity index (χ1n) is 6.83. The van der Waals surface area contributed by atoms with E-state index in [4.69, 9.17) is 0 Å². The van der Waals surface area contributed by atoms with Crippen LogP contribution in [-0.4, -0.2) is 18.4 Å². The third-order valence-electron chi connectivity index (χ3n) is 3.44. The van der Waals surface area contributed by atoms with E-state index < -0.39 is 5.54 Å². The number of aliphatic imine (C=N–C) groups is 1. The summed E-state index contributed by atoms with van der Waals surface area (Å²) < 4.78 is 0. The van der Waals surface area contributed by atoms with Crippen LogP contribution >= 0.6 is 0 Å². The molecular weight excluding hydrogens is 238 g/mol. The van der Waals surface area contributed by atoms with Crippen LogP contribution in [-0.2, 0) is 16.8 Å². The zero-order chi connectivity index (χ0) is 13.9. The van der Waals surface area contributed by atoms with E-state index in [0.717, 1.165) is 18.4 Å². The molecule has 1 fully saturated rings. The third-order valence-corrected chi connectivity index (χ3v) is 3.44. The summed E-state index contributed by atoms with van der Waals surface area (Å²) in [6.45, 7) is 6.63. The molecule has 1 heterocycles. The van der Waals surface area contributed by atoms with Crippen molar-refractivity contribution in [2.24, 2.45) is 4.99 Å². The van der Waals surface area contributed by atoms with Gasteiger partial charge in [0.2, 0.25) is 0 Å². The second-order valence-corrected chi connectivity index (χ2v) is 4.97. The van der Waals surface area contributed by atoms with Gasteiger partial charge in [0, 0.05) is 6.54 Å². The maximum Gasteiger partial charge on any atom is 0.256 e. The molecule has 0 radical (unpaired) electrons. The highest BCUT2D eigenvalue weighted by Gasteiger charge is 2.42. The van der Waals surface area contributed by atoms with Crippen molar-refractivity contribution in [3.05, 3.63) is 35.4 Å². The number of guanidine groups is 1. The van der Waals surface area contributed by atoms with Crippen molar-refractivity contribution in [1.29, 1.82) is 0 Å². The molecule has 1 saturated heterocycles. The van der Waals surface area contributed by atoms with Gasteiger partial charge in [-0.1, -0.05) is 37.6 Å². The van der Waals surface area contributed by atoms with Gasteiger partial charge in [0.25, 0.3) is 5.91 Å². The standard InChI is InChI=1S/C15H21N3O/c1-4-6-11-7-9-12(10-8-11)15(3)13(19)17-14(18-15)16-5-2/h7-10H,4-6H2,1-3H3,(H2,16,17,18,19). The lowest BCUT2D eigenvalue weighted by Gasteiger charge is -2.21. The lowest BCUT2D eigenvalue weighted by atomic mass is 9.91. The molecule has 2 rings (SSSR count). The van der Waals surface area contributed by atoms with E-state index >= 15 is 0 Å². The average molecular weight is 259 g/mol. The van der Waals surface area contributed by atoms with Crippen LogP contribution in [0.25, 0.3) is 0 Å². The van der Waals surface area contributed by atoms with E-state index in [0.29, 0.717) is 12.5 Å². The van der Waals surface area contributed by atoms with Crippen molar-refractivity contribution < 1.29 is 4.79 Å². The Balaban J connectivity index is 2.25. The summed E-state index contributed by atoms with van der Waals surface area (Å²) in [5.74, 6) is 0.510. The van der Waals surface area contributed by atoms with E-state index in [9.17, 15) is 4.79 Å². The molecule has 0 spiro atoms. The molecule has 0 aromatic heterocycles. The average Bonchev–Trinajstić information content (AvgIpc) is 2.67. The first kappa shape index (κ1) is 13.6. The Morgan fingerprint density at radius 2 is 1.89 bits per heavy atom. The number of hydrogen-bond donors (Lipinski definition) is 2. The Morgan fingerprint density at radius 3 is 2.47 bits per heavy atom. The number of hydrogen-bond acceptors (Lipinski definition) is 2. The molecule has 0 saturated carbocycles. The quantitative estimate of drug-likeness (QED) is 0.868. The van der Waals surface area contributed by atoms with Gasteiger partial charge in [0.05, 0.1) is 0 Å². The molecular formula is C15H21N3O. The number of amides is 1. The fourth-order valence-electron chi connectivity index (χ4n) is 2.29. The number of rotatable bonds is 4. The summed E-state index contributed by atoms with van der Waals surface area (Å²) in [5, 5.41) is 5.96. The minimum absolute atomic E-state index is 0.0528. The van der Waals surface area contributed by atoms with Crippen LogP contribution in [0.2, 0.25) is 0 Å².